The number of aromatic nitrogens is 2. The smallest absolute Gasteiger partial charge is 0.220 e. The largest absolute Gasteiger partial charge is 0.490 e. The monoisotopic (exact) mass is 420 g/mol. The average molecular weight is 421 g/mol. The first-order valence-corrected chi connectivity index (χ1v) is 10.9. The van der Waals surface area contributed by atoms with Crippen LogP contribution in [0.3, 0.4) is 0 Å². The summed E-state index contributed by atoms with van der Waals surface area (Å²) in [5, 5.41) is 8.55. The van der Waals surface area contributed by atoms with E-state index in [1.54, 1.807) is 0 Å². The van der Waals surface area contributed by atoms with Crippen molar-refractivity contribution in [3.05, 3.63) is 42.6 Å². The van der Waals surface area contributed by atoms with Crippen molar-refractivity contribution >= 4 is 22.5 Å². The van der Waals surface area contributed by atoms with Gasteiger partial charge in [-0.2, -0.15) is 5.10 Å². The zero-order chi connectivity index (χ0) is 21.4. The van der Waals surface area contributed by atoms with Crippen molar-refractivity contribution in [1.82, 2.24) is 15.1 Å². The summed E-state index contributed by atoms with van der Waals surface area (Å²) < 4.78 is 13.8. The Balaban J connectivity index is 1.54. The summed E-state index contributed by atoms with van der Waals surface area (Å²) in [6.45, 7) is 5.95. The predicted molar refractivity (Wildman–Crippen MR) is 120 cm³/mol. The number of fused-ring (bicyclic) bond motifs is 1. The fourth-order valence-corrected chi connectivity index (χ4v) is 4.52. The van der Waals surface area contributed by atoms with Gasteiger partial charge in [0.15, 0.2) is 0 Å². The lowest BCUT2D eigenvalue weighted by Gasteiger charge is -2.30. The Kier molecular flexibility index (Phi) is 5.28. The van der Waals surface area contributed by atoms with Gasteiger partial charge < -0.3 is 19.7 Å². The number of benzene rings is 2. The second-order valence-corrected chi connectivity index (χ2v) is 8.42. The molecule has 0 bridgehead atoms. The lowest BCUT2D eigenvalue weighted by molar-refractivity contribution is -0.119. The molecule has 2 atom stereocenters. The lowest BCUT2D eigenvalue weighted by atomic mass is 10.00. The first-order chi connectivity index (χ1) is 15.1. The van der Waals surface area contributed by atoms with Crippen LogP contribution < -0.4 is 15.0 Å². The van der Waals surface area contributed by atoms with Gasteiger partial charge in [-0.15, -0.1) is 0 Å². The molecule has 0 radical (unpaired) electrons. The second kappa shape index (κ2) is 8.23. The van der Waals surface area contributed by atoms with Crippen LogP contribution in [0.4, 0.5) is 5.69 Å². The van der Waals surface area contributed by atoms with Crippen LogP contribution in [0.15, 0.2) is 42.6 Å². The van der Waals surface area contributed by atoms with Gasteiger partial charge in [0.25, 0.3) is 0 Å². The summed E-state index contributed by atoms with van der Waals surface area (Å²) in [4.78, 5) is 14.0. The molecule has 2 saturated heterocycles. The Morgan fingerprint density at radius 2 is 2.03 bits per heavy atom. The molecule has 1 aromatic heterocycles. The number of rotatable bonds is 5. The van der Waals surface area contributed by atoms with Gasteiger partial charge in [-0.25, -0.2) is 0 Å². The van der Waals surface area contributed by atoms with E-state index < -0.39 is 0 Å². The third kappa shape index (κ3) is 3.97. The van der Waals surface area contributed by atoms with Crippen LogP contribution in [0.2, 0.25) is 0 Å². The molecule has 0 aliphatic carbocycles. The van der Waals surface area contributed by atoms with Crippen LogP contribution in [0, 0.1) is 5.92 Å². The number of anilines is 1. The summed E-state index contributed by atoms with van der Waals surface area (Å²) in [6.07, 6.45) is 2.43. The van der Waals surface area contributed by atoms with Gasteiger partial charge >= 0.3 is 0 Å². The van der Waals surface area contributed by atoms with Crippen molar-refractivity contribution < 1.29 is 14.3 Å². The minimum absolute atomic E-state index is 0.0768. The van der Waals surface area contributed by atoms with Gasteiger partial charge in [0, 0.05) is 56.5 Å². The molecule has 2 aliphatic rings. The van der Waals surface area contributed by atoms with Gasteiger partial charge in [-0.05, 0) is 30.7 Å². The number of ether oxygens (including phenoxy) is 2. The van der Waals surface area contributed by atoms with Crippen LogP contribution in [0.5, 0.6) is 5.75 Å². The minimum atomic E-state index is -0.0768. The van der Waals surface area contributed by atoms with E-state index in [0.29, 0.717) is 13.0 Å². The molecule has 1 amide bonds. The Morgan fingerprint density at radius 3 is 2.81 bits per heavy atom. The number of nitrogens with one attached hydrogen (secondary N) is 1. The van der Waals surface area contributed by atoms with Crippen molar-refractivity contribution in [2.45, 2.75) is 19.4 Å². The molecule has 0 saturated carbocycles. The van der Waals surface area contributed by atoms with E-state index in [0.717, 1.165) is 54.1 Å². The Morgan fingerprint density at radius 1 is 1.23 bits per heavy atom. The first-order valence-electron chi connectivity index (χ1n) is 10.9. The number of nitrogens with zero attached hydrogens (tertiary/aromatic N) is 3. The molecule has 0 unspecified atom stereocenters. The summed E-state index contributed by atoms with van der Waals surface area (Å²) in [5.41, 5.74) is 4.34. The van der Waals surface area contributed by atoms with Crippen molar-refractivity contribution in [3.63, 3.8) is 0 Å². The highest BCUT2D eigenvalue weighted by molar-refractivity contribution is 5.92. The van der Waals surface area contributed by atoms with E-state index in [4.69, 9.17) is 9.47 Å². The molecule has 31 heavy (non-hydrogen) atoms. The molecule has 2 fully saturated rings. The summed E-state index contributed by atoms with van der Waals surface area (Å²) in [6, 6.07) is 12.7. The van der Waals surface area contributed by atoms with Gasteiger partial charge in [0.05, 0.1) is 24.1 Å². The van der Waals surface area contributed by atoms with Crippen molar-refractivity contribution in [3.8, 4) is 16.9 Å². The third-order valence-corrected chi connectivity index (χ3v) is 6.25. The number of amides is 1. The highest BCUT2D eigenvalue weighted by atomic mass is 16.5. The fraction of sp³-hybridized carbons (Fsp3) is 0.417. The number of para-hydroxylation sites is 1. The summed E-state index contributed by atoms with van der Waals surface area (Å²) in [7, 11) is 1.92. The predicted octanol–water partition coefficient (Wildman–Crippen LogP) is 2.98. The van der Waals surface area contributed by atoms with Gasteiger partial charge in [-0.1, -0.05) is 18.2 Å². The number of hydrogen-bond donors (Lipinski definition) is 1. The minimum Gasteiger partial charge on any atom is -0.490 e. The van der Waals surface area contributed by atoms with Gasteiger partial charge in [-0.3, -0.25) is 9.48 Å². The zero-order valence-corrected chi connectivity index (χ0v) is 18.0. The van der Waals surface area contributed by atoms with Gasteiger partial charge in [0.2, 0.25) is 5.91 Å². The van der Waals surface area contributed by atoms with Crippen LogP contribution in [-0.2, 0) is 16.6 Å². The van der Waals surface area contributed by atoms with Crippen LogP contribution in [-0.4, -0.2) is 54.6 Å². The van der Waals surface area contributed by atoms with Crippen molar-refractivity contribution in [1.29, 1.82) is 0 Å². The molecule has 3 heterocycles. The molecule has 162 valence electrons. The summed E-state index contributed by atoms with van der Waals surface area (Å²) in [5.74, 6) is 1.08. The molecule has 2 aliphatic heterocycles. The van der Waals surface area contributed by atoms with E-state index in [1.807, 2.05) is 24.9 Å². The van der Waals surface area contributed by atoms with E-state index in [9.17, 15) is 4.79 Å². The SMILES string of the molecule is C[C@@H](Oc1cc(-c2ccccc2N2CCOCC2)cc2nn(C)cc12)[C@H]1CNC(=O)C1. The Hall–Kier alpha value is -3.06. The quantitative estimate of drug-likeness (QED) is 0.687. The first kappa shape index (κ1) is 19.9. The molecule has 7 heteroatoms. The molecule has 2 aromatic carbocycles. The van der Waals surface area contributed by atoms with Crippen LogP contribution in [0.25, 0.3) is 22.0 Å². The number of morpholine rings is 1. The van der Waals surface area contributed by atoms with E-state index in [-0.39, 0.29) is 17.9 Å². The topological polar surface area (TPSA) is 68.6 Å². The average Bonchev–Trinajstić information content (AvgIpc) is 3.39. The van der Waals surface area contributed by atoms with E-state index in [1.165, 1.54) is 5.69 Å². The highest BCUT2D eigenvalue weighted by Crippen LogP contribution is 2.37. The molecular weight excluding hydrogens is 392 g/mol. The maximum atomic E-state index is 11.7. The highest BCUT2D eigenvalue weighted by Gasteiger charge is 2.28. The number of hydrogen-bond acceptors (Lipinski definition) is 5. The standard InChI is InChI=1S/C24H28N4O3/c1-16(18-13-24(29)25-14-18)31-23-12-17(11-21-20(23)15-27(2)26-21)19-5-3-4-6-22(19)28-7-9-30-10-8-28/h3-6,11-12,15-16,18H,7-10,13-14H2,1-2H3,(H,25,29)/t16-,18-/m1/s1. The Bertz CT molecular complexity index is 1100. The maximum absolute atomic E-state index is 11.7. The summed E-state index contributed by atoms with van der Waals surface area (Å²) >= 11 is 0. The van der Waals surface area contributed by atoms with Crippen molar-refractivity contribution in [2.24, 2.45) is 13.0 Å². The molecule has 1 N–H and O–H groups in total. The third-order valence-electron chi connectivity index (χ3n) is 6.25. The van der Waals surface area contributed by atoms with E-state index in [2.05, 4.69) is 51.7 Å². The molecule has 3 aromatic rings. The number of carbonyl (C=O) groups excluding carboxylic acids is 1. The lowest BCUT2D eigenvalue weighted by Crippen LogP contribution is -2.36. The molecule has 0 spiro atoms. The molecular formula is C24H28N4O3. The second-order valence-electron chi connectivity index (χ2n) is 8.42. The normalized spacial score (nSPS) is 20.1. The fourth-order valence-electron chi connectivity index (χ4n) is 4.52. The molecule has 7 nitrogen and oxygen atoms in total. The van der Waals surface area contributed by atoms with Gasteiger partial charge in [0.1, 0.15) is 11.9 Å². The van der Waals surface area contributed by atoms with E-state index >= 15 is 0 Å². The van der Waals surface area contributed by atoms with Crippen LogP contribution >= 0.6 is 0 Å². The number of carbonyl (C=O) groups is 1. The number of aryl methyl sites for hydroxylation is 1. The van der Waals surface area contributed by atoms with Crippen molar-refractivity contribution in [2.75, 3.05) is 37.7 Å². The van der Waals surface area contributed by atoms with Crippen LogP contribution in [0.1, 0.15) is 13.3 Å². The molecule has 5 rings (SSSR count). The Labute approximate surface area is 181 Å². The maximum Gasteiger partial charge on any atom is 0.220 e. The zero-order valence-electron chi connectivity index (χ0n) is 18.0.